The predicted octanol–water partition coefficient (Wildman–Crippen LogP) is -0.360. The van der Waals surface area contributed by atoms with Gasteiger partial charge in [-0.1, -0.05) is 58.3 Å². The van der Waals surface area contributed by atoms with Gasteiger partial charge in [-0.05, 0) is 191 Å². The maximum absolute atomic E-state index is 13.6. The van der Waals surface area contributed by atoms with Crippen molar-refractivity contribution in [2.75, 3.05) is 5.75 Å². The fourth-order valence-corrected chi connectivity index (χ4v) is 12.4. The molecule has 0 radical (unpaired) electrons. The highest BCUT2D eigenvalue weighted by Crippen LogP contribution is 2.40. The SMILES string of the molecule is C[C@H](NC(=O)CCCCC1CCSS1)C(=O)NC(C)(C)C(=O)N[C@@H](C)C(=O)NC(C)(C)C(=O)N[C@@H](C)C(=O)NC(C)(C)C(=O)N[C@@H](C)C(=O)NC(C)(C)C(=O)N[C@@H](C)C(=O)NC(C)(C)C(=O)N[C@@H](C)C(=O)NC(C)(C)C(=O)N[C@@H](C)C(=O)NC(C)(C)C(=O)N[C@@H](C)C(=O)NC(C)(C)C(=O)OCc1ccccc1. The minimum Gasteiger partial charge on any atom is -0.459 e. The van der Waals surface area contributed by atoms with Crippen molar-refractivity contribution in [3.8, 4) is 0 Å². The van der Waals surface area contributed by atoms with E-state index in [1.54, 1.807) is 24.3 Å². The first-order chi connectivity index (χ1) is 48.8. The fraction of sp³-hybridized carbons (Fsp3) is 0.676. The van der Waals surface area contributed by atoms with E-state index in [9.17, 15) is 81.5 Å². The Morgan fingerprint density at radius 2 is 0.579 bits per heavy atom. The van der Waals surface area contributed by atoms with Crippen LogP contribution in [0.25, 0.3) is 0 Å². The predicted molar refractivity (Wildman–Crippen MR) is 402 cm³/mol. The number of nitrogens with one attached hydrogen (secondary N) is 16. The van der Waals surface area contributed by atoms with Gasteiger partial charge in [0.25, 0.3) is 0 Å². The minimum atomic E-state index is -1.74. The molecule has 1 aromatic carbocycles. The van der Waals surface area contributed by atoms with E-state index in [2.05, 4.69) is 85.1 Å². The quantitative estimate of drug-likeness (QED) is 0.0227. The van der Waals surface area contributed by atoms with E-state index in [4.69, 9.17) is 4.74 Å². The van der Waals surface area contributed by atoms with Crippen molar-refractivity contribution in [2.24, 2.45) is 0 Å². The van der Waals surface area contributed by atoms with Crippen molar-refractivity contribution in [3.05, 3.63) is 35.9 Å². The Labute approximate surface area is 634 Å². The summed E-state index contributed by atoms with van der Waals surface area (Å²) in [7, 11) is 3.73. The molecule has 16 amide bonds. The van der Waals surface area contributed by atoms with Gasteiger partial charge in [0.05, 0.1) is 0 Å². The number of ether oxygens (including phenoxy) is 1. The summed E-state index contributed by atoms with van der Waals surface area (Å²) in [5, 5.41) is 40.8. The molecule has 9 atom stereocenters. The van der Waals surface area contributed by atoms with E-state index >= 15 is 0 Å². The monoisotopic (exact) mass is 1540 g/mol. The molecule has 16 N–H and O–H groups in total. The topological polar surface area (TPSA) is 492 Å². The Kier molecular flexibility index (Phi) is 34.4. The third-order valence-corrected chi connectivity index (χ3v) is 20.1. The minimum absolute atomic E-state index is 0.0284. The molecular formula is C71H116N16O18S2. The van der Waals surface area contributed by atoms with E-state index < -0.39 is 187 Å². The number of hydrogen-bond donors (Lipinski definition) is 16. The van der Waals surface area contributed by atoms with Crippen molar-refractivity contribution >= 4 is 122 Å². The normalized spacial score (nSPS) is 15.8. The fourth-order valence-electron chi connectivity index (χ4n) is 9.38. The lowest BCUT2D eigenvalue weighted by atomic mass is 10.0. The Balaban J connectivity index is 1.88. The molecule has 34 nitrogen and oxygen atoms in total. The second-order valence-corrected chi connectivity index (χ2v) is 34.0. The van der Waals surface area contributed by atoms with Crippen LogP contribution in [0.4, 0.5) is 0 Å². The molecule has 0 spiro atoms. The zero-order valence-electron chi connectivity index (χ0n) is 66.2. The zero-order chi connectivity index (χ0) is 82.5. The lowest BCUT2D eigenvalue weighted by Gasteiger charge is -2.32. The van der Waals surface area contributed by atoms with Gasteiger partial charge in [-0.15, -0.1) is 0 Å². The van der Waals surface area contributed by atoms with Gasteiger partial charge in [-0.2, -0.15) is 0 Å². The van der Waals surface area contributed by atoms with E-state index in [-0.39, 0.29) is 18.9 Å². The first-order valence-corrected chi connectivity index (χ1v) is 37.7. The standard InChI is InChI=1S/C71H116N16O18S2/c1-37(72-47(88)33-29-28-32-46-34-35-106-107-46)48(89)80-64(9,10)56(97)73-38(2)49(90)81-65(11,12)57(98)74-39(3)50(91)82-66(13,14)58(99)75-40(4)51(92)83-67(15,16)59(100)76-41(5)52(93)84-68(17,18)60(101)77-42(6)53(94)85-69(19,20)61(102)78-43(7)54(95)86-70(21,22)62(103)79-44(8)55(96)87-71(23,24)63(104)105-36-45-30-26-25-27-31-45/h25-27,30-31,37-44,46H,28-29,32-36H2,1-24H3,(H,72,88)(H,73,97)(H,74,98)(H,75,99)(H,76,100)(H,77,101)(H,78,102)(H,79,103)(H,80,89)(H,81,90)(H,82,91)(H,83,92)(H,84,93)(H,85,94)(H,86,95)(H,87,96)/t37-,38-,39-,40-,41-,42-,43-,44-,46?/m0/s1. The third-order valence-electron chi connectivity index (χ3n) is 17.0. The van der Waals surface area contributed by atoms with Crippen LogP contribution >= 0.6 is 21.6 Å². The molecule has 1 aromatic rings. The van der Waals surface area contributed by atoms with Crippen LogP contribution < -0.4 is 85.1 Å². The number of carbonyl (C=O) groups is 17. The number of esters is 1. The summed E-state index contributed by atoms with van der Waals surface area (Å²) in [5.41, 5.74) is -12.5. The Hall–Kier alpha value is -9.09. The van der Waals surface area contributed by atoms with Crippen LogP contribution in [-0.4, -0.2) is 204 Å². The average molecular weight is 1550 g/mol. The number of rotatable bonds is 39. The lowest BCUT2D eigenvalue weighted by Crippen LogP contribution is -2.65. The van der Waals surface area contributed by atoms with Crippen LogP contribution in [0.2, 0.25) is 0 Å². The van der Waals surface area contributed by atoms with Gasteiger partial charge < -0.3 is 89.8 Å². The summed E-state index contributed by atoms with van der Waals surface area (Å²) in [6.07, 6.45) is 4.00. The molecule has 1 heterocycles. The molecule has 0 aliphatic carbocycles. The molecule has 1 saturated heterocycles. The van der Waals surface area contributed by atoms with Gasteiger partial charge in [0.2, 0.25) is 94.5 Å². The largest absolute Gasteiger partial charge is 0.459 e. The van der Waals surface area contributed by atoms with Crippen molar-refractivity contribution < 1.29 is 86.2 Å². The first kappa shape index (κ1) is 94.0. The molecule has 1 unspecified atom stereocenters. The summed E-state index contributed by atoms with van der Waals surface area (Å²) in [6.45, 7) is 32.3. The molecule has 1 fully saturated rings. The maximum Gasteiger partial charge on any atom is 0.331 e. The van der Waals surface area contributed by atoms with E-state index in [0.717, 1.165) is 30.6 Å². The first-order valence-electron chi connectivity index (χ1n) is 35.3. The molecule has 0 aromatic heterocycles. The molecule has 600 valence electrons. The molecule has 36 heteroatoms. The summed E-state index contributed by atoms with van der Waals surface area (Å²) in [5.74, 6) is -12.1. The van der Waals surface area contributed by atoms with Crippen molar-refractivity contribution in [1.29, 1.82) is 0 Å². The van der Waals surface area contributed by atoms with Gasteiger partial charge in [-0.25, -0.2) is 4.79 Å². The zero-order valence-corrected chi connectivity index (χ0v) is 67.8. The Bertz CT molecular complexity index is 3470. The van der Waals surface area contributed by atoms with Gasteiger partial charge in [0.1, 0.15) is 99.3 Å². The van der Waals surface area contributed by atoms with Crippen LogP contribution in [-0.2, 0) is 92.9 Å². The highest BCUT2D eigenvalue weighted by atomic mass is 33.1. The second kappa shape index (κ2) is 39.1. The average Bonchev–Trinajstić information content (AvgIpc) is 1.12. The number of benzene rings is 1. The van der Waals surface area contributed by atoms with Crippen molar-refractivity contribution in [2.45, 2.75) is 303 Å². The smallest absolute Gasteiger partial charge is 0.331 e. The molecule has 1 aliphatic heterocycles. The van der Waals surface area contributed by atoms with E-state index in [1.807, 2.05) is 27.7 Å². The highest BCUT2D eigenvalue weighted by molar-refractivity contribution is 8.77. The number of unbranched alkanes of at least 4 members (excludes halogenated alkanes) is 1. The maximum atomic E-state index is 13.6. The third kappa shape index (κ3) is 30.2. The lowest BCUT2D eigenvalue weighted by molar-refractivity contribution is -0.153. The van der Waals surface area contributed by atoms with Crippen molar-refractivity contribution in [3.63, 3.8) is 0 Å². The highest BCUT2D eigenvalue weighted by Gasteiger charge is 2.43. The van der Waals surface area contributed by atoms with Gasteiger partial charge >= 0.3 is 5.97 Å². The Morgan fingerprint density at radius 3 is 0.813 bits per heavy atom. The number of hydrogen-bond acceptors (Lipinski definition) is 20. The second-order valence-electron chi connectivity index (χ2n) is 31.2. The van der Waals surface area contributed by atoms with E-state index in [0.29, 0.717) is 11.7 Å². The Morgan fingerprint density at radius 1 is 0.346 bits per heavy atom. The number of amides is 16. The van der Waals surface area contributed by atoms with Crippen LogP contribution in [0.5, 0.6) is 0 Å². The van der Waals surface area contributed by atoms with Crippen LogP contribution in [0.3, 0.4) is 0 Å². The molecule has 0 saturated carbocycles. The molecule has 0 bridgehead atoms. The van der Waals surface area contributed by atoms with Crippen molar-refractivity contribution in [1.82, 2.24) is 85.1 Å². The number of carbonyl (C=O) groups excluding carboxylic acids is 17. The van der Waals surface area contributed by atoms with Crippen LogP contribution in [0, 0.1) is 0 Å². The van der Waals surface area contributed by atoms with E-state index in [1.165, 1.54) is 166 Å². The van der Waals surface area contributed by atoms with Crippen LogP contribution in [0.1, 0.15) is 204 Å². The van der Waals surface area contributed by atoms with Crippen LogP contribution in [0.15, 0.2) is 30.3 Å². The molecule has 1 aliphatic rings. The molecule has 107 heavy (non-hydrogen) atoms. The molecular weight excluding hydrogens is 1430 g/mol. The molecule has 2 rings (SSSR count). The summed E-state index contributed by atoms with van der Waals surface area (Å²) < 4.78 is 5.36. The summed E-state index contributed by atoms with van der Waals surface area (Å²) in [6, 6.07) is -1.06. The summed E-state index contributed by atoms with van der Waals surface area (Å²) in [4.78, 5) is 226. The van der Waals surface area contributed by atoms with Gasteiger partial charge in [0.15, 0.2) is 0 Å². The van der Waals surface area contributed by atoms with Gasteiger partial charge in [-0.3, -0.25) is 76.7 Å². The van der Waals surface area contributed by atoms with Gasteiger partial charge in [0, 0.05) is 17.4 Å². The summed E-state index contributed by atoms with van der Waals surface area (Å²) >= 11 is 0.